The van der Waals surface area contributed by atoms with Gasteiger partial charge in [0.1, 0.15) is 0 Å². The van der Waals surface area contributed by atoms with Crippen molar-refractivity contribution in [1.82, 2.24) is 0 Å². The summed E-state index contributed by atoms with van der Waals surface area (Å²) in [7, 11) is 0. The van der Waals surface area contributed by atoms with Crippen molar-refractivity contribution in [2.24, 2.45) is 5.90 Å². The lowest BCUT2D eigenvalue weighted by Crippen LogP contribution is -2.19. The molecular weight excluding hydrogens is 110 g/mol. The molecule has 1 unspecified atom stereocenters. The third-order valence-corrected chi connectivity index (χ3v) is 0.524. The molecule has 2 N–H and O–H groups in total. The number of carbonyl (C=O) groups is 1. The molecule has 0 aliphatic rings. The molecule has 0 aliphatic heterocycles. The minimum absolute atomic E-state index is 0.400. The lowest BCUT2D eigenvalue weighted by molar-refractivity contribution is -0.173. The predicted octanol–water partition coefficient (Wildman–Crippen LogP) is -0.214. The summed E-state index contributed by atoms with van der Waals surface area (Å²) >= 11 is 0. The van der Waals surface area contributed by atoms with Crippen molar-refractivity contribution in [2.45, 2.75) is 20.1 Å². The third kappa shape index (κ3) is 3.58. The second-order valence-electron chi connectivity index (χ2n) is 1.31. The van der Waals surface area contributed by atoms with Gasteiger partial charge in [-0.3, -0.25) is 9.63 Å². The fraction of sp³-hybridized carbons (Fsp3) is 0.750. The van der Waals surface area contributed by atoms with E-state index in [1.165, 1.54) is 13.8 Å². The van der Waals surface area contributed by atoms with E-state index in [1.807, 2.05) is 0 Å². The van der Waals surface area contributed by atoms with E-state index < -0.39 is 12.3 Å². The van der Waals surface area contributed by atoms with Crippen LogP contribution in [-0.4, -0.2) is 12.3 Å². The zero-order chi connectivity index (χ0) is 6.57. The van der Waals surface area contributed by atoms with Crippen LogP contribution >= 0.6 is 0 Å². The number of esters is 1. The SMILES string of the molecule is CC(=O)OC(C)ON. The van der Waals surface area contributed by atoms with E-state index >= 15 is 0 Å². The smallest absolute Gasteiger partial charge is 0.304 e. The maximum atomic E-state index is 10.1. The first-order chi connectivity index (χ1) is 3.66. The summed E-state index contributed by atoms with van der Waals surface area (Å²) < 4.78 is 4.41. The standard InChI is InChI=1S/C4H9NO3/c1-3(6)7-4(2)8-5/h4H,5H2,1-2H3. The van der Waals surface area contributed by atoms with Gasteiger partial charge in [-0.1, -0.05) is 0 Å². The summed E-state index contributed by atoms with van der Waals surface area (Å²) in [5.74, 6) is 4.24. The van der Waals surface area contributed by atoms with Crippen LogP contribution in [-0.2, 0) is 14.4 Å². The van der Waals surface area contributed by atoms with Crippen LogP contribution in [0.15, 0.2) is 0 Å². The Hall–Kier alpha value is -0.610. The molecule has 4 nitrogen and oxygen atoms in total. The number of hydrogen-bond donors (Lipinski definition) is 1. The van der Waals surface area contributed by atoms with E-state index in [1.54, 1.807) is 0 Å². The first kappa shape index (κ1) is 7.39. The summed E-state index contributed by atoms with van der Waals surface area (Å²) in [5.41, 5.74) is 0. The van der Waals surface area contributed by atoms with Crippen molar-refractivity contribution in [1.29, 1.82) is 0 Å². The normalized spacial score (nSPS) is 12.9. The minimum atomic E-state index is -0.646. The van der Waals surface area contributed by atoms with Crippen LogP contribution < -0.4 is 5.90 Å². The fourth-order valence-electron chi connectivity index (χ4n) is 0.261. The maximum absolute atomic E-state index is 10.1. The summed E-state index contributed by atoms with van der Waals surface area (Å²) in [6.07, 6.45) is -0.646. The highest BCUT2D eigenvalue weighted by Crippen LogP contribution is 1.87. The Morgan fingerprint density at radius 2 is 2.25 bits per heavy atom. The average Bonchev–Trinajstić information content (AvgIpc) is 1.65. The molecule has 0 heterocycles. The van der Waals surface area contributed by atoms with Crippen LogP contribution in [0.1, 0.15) is 13.8 Å². The number of carbonyl (C=O) groups excluding carboxylic acids is 1. The van der Waals surface area contributed by atoms with Crippen LogP contribution in [0.4, 0.5) is 0 Å². The van der Waals surface area contributed by atoms with E-state index in [4.69, 9.17) is 0 Å². The number of nitrogens with two attached hydrogens (primary N) is 1. The molecule has 0 radical (unpaired) electrons. The van der Waals surface area contributed by atoms with Gasteiger partial charge in [0.05, 0.1) is 0 Å². The van der Waals surface area contributed by atoms with E-state index in [0.717, 1.165) is 0 Å². The van der Waals surface area contributed by atoms with E-state index in [-0.39, 0.29) is 0 Å². The number of hydrogen-bond acceptors (Lipinski definition) is 4. The van der Waals surface area contributed by atoms with Gasteiger partial charge in [0, 0.05) is 6.92 Å². The maximum Gasteiger partial charge on any atom is 0.304 e. The van der Waals surface area contributed by atoms with E-state index in [0.29, 0.717) is 0 Å². The van der Waals surface area contributed by atoms with Crippen molar-refractivity contribution >= 4 is 5.97 Å². The van der Waals surface area contributed by atoms with Crippen LogP contribution in [0, 0.1) is 0 Å². The molecule has 0 spiro atoms. The molecule has 48 valence electrons. The van der Waals surface area contributed by atoms with Crippen molar-refractivity contribution in [3.05, 3.63) is 0 Å². The summed E-state index contributed by atoms with van der Waals surface area (Å²) in [4.78, 5) is 14.2. The second kappa shape index (κ2) is 3.40. The first-order valence-electron chi connectivity index (χ1n) is 2.19. The van der Waals surface area contributed by atoms with Gasteiger partial charge >= 0.3 is 5.97 Å². The van der Waals surface area contributed by atoms with Gasteiger partial charge in [-0.15, -0.1) is 0 Å². The highest BCUT2D eigenvalue weighted by molar-refractivity contribution is 5.65. The van der Waals surface area contributed by atoms with Crippen molar-refractivity contribution in [2.75, 3.05) is 0 Å². The van der Waals surface area contributed by atoms with Gasteiger partial charge in [-0.25, -0.2) is 5.90 Å². The molecule has 1 atom stereocenters. The van der Waals surface area contributed by atoms with Gasteiger partial charge < -0.3 is 4.74 Å². The number of rotatable bonds is 2. The largest absolute Gasteiger partial charge is 0.435 e. The molecule has 0 aromatic heterocycles. The zero-order valence-corrected chi connectivity index (χ0v) is 4.88. The van der Waals surface area contributed by atoms with Crippen molar-refractivity contribution in [3.63, 3.8) is 0 Å². The van der Waals surface area contributed by atoms with Gasteiger partial charge in [-0.05, 0) is 6.92 Å². The fourth-order valence-corrected chi connectivity index (χ4v) is 0.261. The summed E-state index contributed by atoms with van der Waals surface area (Å²) in [5, 5.41) is 0. The molecule has 0 saturated heterocycles. The van der Waals surface area contributed by atoms with E-state index in [2.05, 4.69) is 15.5 Å². The van der Waals surface area contributed by atoms with Gasteiger partial charge in [0.25, 0.3) is 0 Å². The average molecular weight is 119 g/mol. The Kier molecular flexibility index (Phi) is 3.14. The van der Waals surface area contributed by atoms with Gasteiger partial charge in [-0.2, -0.15) is 0 Å². The monoisotopic (exact) mass is 119 g/mol. The molecule has 4 heteroatoms. The molecule has 0 fully saturated rings. The summed E-state index contributed by atoms with van der Waals surface area (Å²) in [6.45, 7) is 2.82. The lowest BCUT2D eigenvalue weighted by Gasteiger charge is -2.06. The highest BCUT2D eigenvalue weighted by Gasteiger charge is 2.00. The quantitative estimate of drug-likeness (QED) is 0.310. The Balaban J connectivity index is 3.24. The Bertz CT molecular complexity index is 83.4. The van der Waals surface area contributed by atoms with Crippen LogP contribution in [0.2, 0.25) is 0 Å². The van der Waals surface area contributed by atoms with Crippen LogP contribution in [0.3, 0.4) is 0 Å². The second-order valence-corrected chi connectivity index (χ2v) is 1.31. The summed E-state index contributed by atoms with van der Waals surface area (Å²) in [6, 6.07) is 0. The van der Waals surface area contributed by atoms with Gasteiger partial charge in [0.15, 0.2) is 0 Å². The molecule has 0 aromatic carbocycles. The van der Waals surface area contributed by atoms with Crippen molar-refractivity contribution < 1.29 is 14.4 Å². The molecule has 0 amide bonds. The third-order valence-electron chi connectivity index (χ3n) is 0.524. The topological polar surface area (TPSA) is 61.5 Å². The minimum Gasteiger partial charge on any atom is -0.435 e. The predicted molar refractivity (Wildman–Crippen MR) is 26.5 cm³/mol. The van der Waals surface area contributed by atoms with Crippen LogP contribution in [0.5, 0.6) is 0 Å². The molecule has 0 aliphatic carbocycles. The lowest BCUT2D eigenvalue weighted by atomic mass is 10.7. The Morgan fingerprint density at radius 3 is 2.38 bits per heavy atom. The Morgan fingerprint density at radius 1 is 1.75 bits per heavy atom. The Labute approximate surface area is 47.5 Å². The molecule has 0 rings (SSSR count). The molecule has 8 heavy (non-hydrogen) atoms. The van der Waals surface area contributed by atoms with E-state index in [9.17, 15) is 4.79 Å². The van der Waals surface area contributed by atoms with Gasteiger partial charge in [0.2, 0.25) is 6.29 Å². The molecule has 0 saturated carbocycles. The van der Waals surface area contributed by atoms with Crippen LogP contribution in [0.25, 0.3) is 0 Å². The zero-order valence-electron chi connectivity index (χ0n) is 4.88. The highest BCUT2D eigenvalue weighted by atomic mass is 16.8. The first-order valence-corrected chi connectivity index (χ1v) is 2.19. The molecule has 0 bridgehead atoms. The number of ether oxygens (including phenoxy) is 1. The molecular formula is C4H9NO3. The van der Waals surface area contributed by atoms with Crippen molar-refractivity contribution in [3.8, 4) is 0 Å². The molecule has 0 aromatic rings.